The number of ether oxygens (including phenoxy) is 1. The van der Waals surface area contributed by atoms with Crippen LogP contribution in [0.15, 0.2) is 5.11 Å². The van der Waals surface area contributed by atoms with Crippen LogP contribution < -0.4 is 0 Å². The van der Waals surface area contributed by atoms with E-state index in [1.807, 2.05) is 0 Å². The molecular weight excluding hydrogens is 190 g/mol. The molecule has 2 atom stereocenters. The van der Waals surface area contributed by atoms with E-state index in [0.29, 0.717) is 0 Å². The van der Waals surface area contributed by atoms with Crippen LogP contribution in [-0.2, 0) is 14.3 Å². The summed E-state index contributed by atoms with van der Waals surface area (Å²) in [6.07, 6.45) is -0.0634. The number of methoxy groups -OCH3 is 1. The third-order valence-electron chi connectivity index (χ3n) is 1.66. The molecule has 14 heavy (non-hydrogen) atoms. The molecule has 78 valence electrons. The minimum Gasteiger partial charge on any atom is -0.481 e. The van der Waals surface area contributed by atoms with Crippen molar-refractivity contribution >= 4 is 11.9 Å². The van der Waals surface area contributed by atoms with Crippen molar-refractivity contribution in [1.29, 1.82) is 0 Å². The monoisotopic (exact) mass is 201 g/mol. The molecule has 0 rings (SSSR count). The first-order valence-electron chi connectivity index (χ1n) is 3.87. The Balaban J connectivity index is 4.37. The van der Waals surface area contributed by atoms with Crippen molar-refractivity contribution in [3.8, 4) is 0 Å². The van der Waals surface area contributed by atoms with Gasteiger partial charge in [-0.25, -0.2) is 0 Å². The Morgan fingerprint density at radius 1 is 1.64 bits per heavy atom. The summed E-state index contributed by atoms with van der Waals surface area (Å²) in [5, 5.41) is 11.6. The third-order valence-corrected chi connectivity index (χ3v) is 1.66. The summed E-state index contributed by atoms with van der Waals surface area (Å²) in [6.45, 7) is 1.51. The van der Waals surface area contributed by atoms with Crippen LogP contribution >= 0.6 is 0 Å². The van der Waals surface area contributed by atoms with Gasteiger partial charge in [-0.05, 0) is 12.0 Å². The van der Waals surface area contributed by atoms with Crippen LogP contribution in [0.25, 0.3) is 10.4 Å². The zero-order valence-electron chi connectivity index (χ0n) is 7.88. The number of azide groups is 1. The highest BCUT2D eigenvalue weighted by Crippen LogP contribution is 2.11. The second kappa shape index (κ2) is 5.82. The van der Waals surface area contributed by atoms with Gasteiger partial charge in [-0.15, -0.1) is 0 Å². The fourth-order valence-electron chi connectivity index (χ4n) is 0.892. The number of esters is 1. The van der Waals surface area contributed by atoms with E-state index < -0.39 is 23.9 Å². The first-order valence-corrected chi connectivity index (χ1v) is 3.87. The molecular formula is C7H11N3O4. The van der Waals surface area contributed by atoms with Crippen LogP contribution in [-0.4, -0.2) is 30.2 Å². The molecule has 1 N–H and O–H groups in total. The van der Waals surface area contributed by atoms with Crippen LogP contribution in [0.2, 0.25) is 0 Å². The van der Waals surface area contributed by atoms with E-state index in [-0.39, 0.29) is 6.42 Å². The predicted molar refractivity (Wildman–Crippen MR) is 46.4 cm³/mol. The van der Waals surface area contributed by atoms with Crippen LogP contribution in [0, 0.1) is 5.92 Å². The number of carboxylic acid groups (broad SMARTS) is 1. The van der Waals surface area contributed by atoms with Gasteiger partial charge in [0.25, 0.3) is 0 Å². The predicted octanol–water partition coefficient (Wildman–Crippen LogP) is 0.949. The average Bonchev–Trinajstić information content (AvgIpc) is 2.15. The molecule has 0 amide bonds. The normalized spacial score (nSPS) is 13.6. The van der Waals surface area contributed by atoms with Crippen molar-refractivity contribution in [2.45, 2.75) is 19.4 Å². The van der Waals surface area contributed by atoms with Crippen LogP contribution in [0.4, 0.5) is 0 Å². The van der Waals surface area contributed by atoms with Gasteiger partial charge in [0, 0.05) is 4.91 Å². The van der Waals surface area contributed by atoms with E-state index in [9.17, 15) is 9.59 Å². The summed E-state index contributed by atoms with van der Waals surface area (Å²) in [5.74, 6) is -2.38. The van der Waals surface area contributed by atoms with Gasteiger partial charge in [-0.1, -0.05) is 12.0 Å². The summed E-state index contributed by atoms with van der Waals surface area (Å²) in [7, 11) is 1.21. The molecule has 2 unspecified atom stereocenters. The number of carbonyl (C=O) groups is 2. The van der Waals surface area contributed by atoms with Gasteiger partial charge in [0.2, 0.25) is 0 Å². The molecule has 0 bridgehead atoms. The van der Waals surface area contributed by atoms with Gasteiger partial charge in [0.15, 0.2) is 0 Å². The van der Waals surface area contributed by atoms with Gasteiger partial charge < -0.3 is 9.84 Å². The van der Waals surface area contributed by atoms with Gasteiger partial charge in [0.1, 0.15) is 6.04 Å². The quantitative estimate of drug-likeness (QED) is 0.308. The van der Waals surface area contributed by atoms with E-state index in [1.54, 1.807) is 0 Å². The summed E-state index contributed by atoms with van der Waals surface area (Å²) in [4.78, 5) is 23.8. The van der Waals surface area contributed by atoms with Gasteiger partial charge in [0.05, 0.1) is 13.0 Å². The topological polar surface area (TPSA) is 112 Å². The van der Waals surface area contributed by atoms with Crippen LogP contribution in [0.5, 0.6) is 0 Å². The smallest absolute Gasteiger partial charge is 0.312 e. The number of rotatable bonds is 5. The lowest BCUT2D eigenvalue weighted by molar-refractivity contribution is -0.146. The van der Waals surface area contributed by atoms with Crippen molar-refractivity contribution in [1.82, 2.24) is 0 Å². The van der Waals surface area contributed by atoms with Crippen molar-refractivity contribution in [2.24, 2.45) is 11.0 Å². The van der Waals surface area contributed by atoms with E-state index in [2.05, 4.69) is 14.8 Å². The van der Waals surface area contributed by atoms with Crippen molar-refractivity contribution in [2.75, 3.05) is 7.11 Å². The molecule has 0 aliphatic carbocycles. The second-order valence-electron chi connectivity index (χ2n) is 2.72. The molecule has 7 heteroatoms. The SMILES string of the molecule is COC(=O)C(C)CC(N=[N+]=[N-])C(=O)O. The number of hydrogen-bond acceptors (Lipinski definition) is 4. The van der Waals surface area contributed by atoms with E-state index >= 15 is 0 Å². The van der Waals surface area contributed by atoms with Crippen LogP contribution in [0.3, 0.4) is 0 Å². The van der Waals surface area contributed by atoms with Crippen molar-refractivity contribution in [3.05, 3.63) is 10.4 Å². The standard InChI is InChI=1S/C7H11N3O4/c1-4(7(13)14-2)3-5(6(11)12)9-10-8/h4-5H,3H2,1-2H3,(H,11,12). The third kappa shape index (κ3) is 3.77. The minimum absolute atomic E-state index is 0.0634. The molecule has 0 heterocycles. The Morgan fingerprint density at radius 2 is 2.21 bits per heavy atom. The fraction of sp³-hybridized carbons (Fsp3) is 0.714. The lowest BCUT2D eigenvalue weighted by Crippen LogP contribution is -2.24. The number of hydrogen-bond donors (Lipinski definition) is 1. The molecule has 0 aromatic carbocycles. The maximum Gasteiger partial charge on any atom is 0.312 e. The molecule has 0 spiro atoms. The highest BCUT2D eigenvalue weighted by atomic mass is 16.5. The zero-order valence-corrected chi connectivity index (χ0v) is 7.88. The molecule has 0 fully saturated rings. The molecule has 0 saturated carbocycles. The van der Waals surface area contributed by atoms with Gasteiger partial charge in [-0.3, -0.25) is 9.59 Å². The lowest BCUT2D eigenvalue weighted by Gasteiger charge is -2.11. The Hall–Kier alpha value is -1.75. The second-order valence-corrected chi connectivity index (χ2v) is 2.72. The van der Waals surface area contributed by atoms with Gasteiger partial charge >= 0.3 is 11.9 Å². The van der Waals surface area contributed by atoms with E-state index in [0.717, 1.165) is 0 Å². The largest absolute Gasteiger partial charge is 0.481 e. The highest BCUT2D eigenvalue weighted by Gasteiger charge is 2.23. The number of nitrogens with zero attached hydrogens (tertiary/aromatic N) is 3. The lowest BCUT2D eigenvalue weighted by atomic mass is 10.0. The Morgan fingerprint density at radius 3 is 2.57 bits per heavy atom. The molecule has 0 saturated heterocycles. The first-order chi connectivity index (χ1) is 6.52. The molecule has 0 aliphatic heterocycles. The Kier molecular flexibility index (Phi) is 5.09. The van der Waals surface area contributed by atoms with Crippen molar-refractivity contribution < 1.29 is 19.4 Å². The Bertz CT molecular complexity index is 270. The summed E-state index contributed by atoms with van der Waals surface area (Å²) < 4.78 is 4.40. The molecule has 0 aromatic heterocycles. The first kappa shape index (κ1) is 12.2. The van der Waals surface area contributed by atoms with E-state index in [4.69, 9.17) is 10.6 Å². The fourth-order valence-corrected chi connectivity index (χ4v) is 0.892. The summed E-state index contributed by atoms with van der Waals surface area (Å²) >= 11 is 0. The van der Waals surface area contributed by atoms with Gasteiger partial charge in [-0.2, -0.15) is 0 Å². The minimum atomic E-state index is -1.25. The molecule has 0 aliphatic rings. The zero-order chi connectivity index (χ0) is 11.1. The van der Waals surface area contributed by atoms with E-state index in [1.165, 1.54) is 14.0 Å². The maximum atomic E-state index is 10.9. The molecule has 0 radical (unpaired) electrons. The summed E-state index contributed by atoms with van der Waals surface area (Å²) in [5.41, 5.74) is 8.07. The van der Waals surface area contributed by atoms with Crippen LogP contribution in [0.1, 0.15) is 13.3 Å². The van der Waals surface area contributed by atoms with Crippen molar-refractivity contribution in [3.63, 3.8) is 0 Å². The number of carboxylic acids is 1. The highest BCUT2D eigenvalue weighted by molar-refractivity contribution is 5.76. The maximum absolute atomic E-state index is 10.9. The Labute approximate surface area is 80.3 Å². The number of aliphatic carboxylic acids is 1. The average molecular weight is 201 g/mol. The molecule has 7 nitrogen and oxygen atoms in total. The molecule has 0 aromatic rings. The number of carbonyl (C=O) groups excluding carboxylic acids is 1. The summed E-state index contributed by atoms with van der Waals surface area (Å²) in [6, 6.07) is -1.23.